The molecule has 1 unspecified atom stereocenters. The van der Waals surface area contributed by atoms with E-state index < -0.39 is 0 Å². The Morgan fingerprint density at radius 3 is 2.30 bits per heavy atom. The Labute approximate surface area is 127 Å². The van der Waals surface area contributed by atoms with Gasteiger partial charge in [0.2, 0.25) is 6.41 Å². The number of benzene rings is 1. The van der Waals surface area contributed by atoms with Gasteiger partial charge in [0.05, 0.1) is 0 Å². The summed E-state index contributed by atoms with van der Waals surface area (Å²) in [5.74, 6) is 0.576. The first kappa shape index (κ1) is 15.4. The van der Waals surface area contributed by atoms with E-state index >= 15 is 0 Å². The van der Waals surface area contributed by atoms with Crippen molar-refractivity contribution < 1.29 is 4.79 Å². The highest BCUT2D eigenvalue weighted by Crippen LogP contribution is 2.49. The number of likely N-dealkylation sites (N-methyl/N-ethyl adjacent to an activating group) is 1. The van der Waals surface area contributed by atoms with Gasteiger partial charge in [-0.2, -0.15) is 0 Å². The molecule has 1 aliphatic carbocycles. The first-order chi connectivity index (χ1) is 9.49. The van der Waals surface area contributed by atoms with Crippen molar-refractivity contribution in [3.05, 3.63) is 34.9 Å². The summed E-state index contributed by atoms with van der Waals surface area (Å²) in [6, 6.07) is 8.46. The number of amides is 1. The van der Waals surface area contributed by atoms with Gasteiger partial charge in [-0.1, -0.05) is 44.0 Å². The predicted octanol–water partition coefficient (Wildman–Crippen LogP) is 4.26. The van der Waals surface area contributed by atoms with Gasteiger partial charge in [-0.3, -0.25) is 4.79 Å². The minimum absolute atomic E-state index is 0.116. The van der Waals surface area contributed by atoms with Gasteiger partial charge in [0.25, 0.3) is 0 Å². The Bertz CT molecular complexity index is 451. The second-order valence-corrected chi connectivity index (χ2v) is 6.87. The minimum Gasteiger partial charge on any atom is -0.344 e. The molecule has 0 aromatic heterocycles. The van der Waals surface area contributed by atoms with E-state index in [2.05, 4.69) is 26.0 Å². The third-order valence-corrected chi connectivity index (χ3v) is 4.91. The van der Waals surface area contributed by atoms with Crippen LogP contribution in [-0.4, -0.2) is 24.4 Å². The van der Waals surface area contributed by atoms with Crippen LogP contribution in [0.2, 0.25) is 5.02 Å². The zero-order valence-corrected chi connectivity index (χ0v) is 13.4. The van der Waals surface area contributed by atoms with E-state index in [4.69, 9.17) is 11.6 Å². The first-order valence-corrected chi connectivity index (χ1v) is 7.80. The Morgan fingerprint density at radius 2 is 1.90 bits per heavy atom. The smallest absolute Gasteiger partial charge is 0.209 e. The van der Waals surface area contributed by atoms with Crippen molar-refractivity contribution in [2.75, 3.05) is 7.05 Å². The molecule has 20 heavy (non-hydrogen) atoms. The summed E-state index contributed by atoms with van der Waals surface area (Å²) < 4.78 is 0. The molecule has 1 amide bonds. The SMILES string of the molecule is CC(C)CC(N(C)C=O)C1(c2ccc(Cl)cc2)CCC1. The van der Waals surface area contributed by atoms with E-state index in [-0.39, 0.29) is 11.5 Å². The molecule has 3 heteroatoms. The minimum atomic E-state index is 0.116. The molecule has 0 saturated heterocycles. The van der Waals surface area contributed by atoms with Gasteiger partial charge in [0.1, 0.15) is 0 Å². The van der Waals surface area contributed by atoms with E-state index in [0.29, 0.717) is 5.92 Å². The van der Waals surface area contributed by atoms with Gasteiger partial charge in [-0.05, 0) is 42.9 Å². The monoisotopic (exact) mass is 293 g/mol. The van der Waals surface area contributed by atoms with Crippen LogP contribution >= 0.6 is 11.6 Å². The van der Waals surface area contributed by atoms with E-state index in [1.165, 1.54) is 12.0 Å². The molecule has 1 atom stereocenters. The summed E-state index contributed by atoms with van der Waals surface area (Å²) in [7, 11) is 1.91. The van der Waals surface area contributed by atoms with Crippen LogP contribution in [0.25, 0.3) is 0 Å². The van der Waals surface area contributed by atoms with Gasteiger partial charge in [-0.15, -0.1) is 0 Å². The van der Waals surface area contributed by atoms with E-state index in [0.717, 1.165) is 30.7 Å². The summed E-state index contributed by atoms with van der Waals surface area (Å²) in [6.45, 7) is 4.44. The average molecular weight is 294 g/mol. The molecule has 0 spiro atoms. The van der Waals surface area contributed by atoms with Crippen LogP contribution in [0.15, 0.2) is 24.3 Å². The van der Waals surface area contributed by atoms with Crippen LogP contribution in [-0.2, 0) is 10.2 Å². The van der Waals surface area contributed by atoms with Crippen molar-refractivity contribution in [1.29, 1.82) is 0 Å². The molecule has 0 N–H and O–H groups in total. The van der Waals surface area contributed by atoms with Crippen LogP contribution in [0.5, 0.6) is 0 Å². The molecule has 0 heterocycles. The van der Waals surface area contributed by atoms with Crippen LogP contribution in [0, 0.1) is 5.92 Å². The van der Waals surface area contributed by atoms with Crippen LogP contribution in [0.1, 0.15) is 45.1 Å². The Morgan fingerprint density at radius 1 is 1.30 bits per heavy atom. The third kappa shape index (κ3) is 2.85. The summed E-state index contributed by atoms with van der Waals surface area (Å²) >= 11 is 6.01. The number of halogens is 1. The van der Waals surface area contributed by atoms with Gasteiger partial charge >= 0.3 is 0 Å². The quantitative estimate of drug-likeness (QED) is 0.718. The lowest BCUT2D eigenvalue weighted by Crippen LogP contribution is -2.53. The van der Waals surface area contributed by atoms with Gasteiger partial charge in [-0.25, -0.2) is 0 Å². The second kappa shape index (κ2) is 6.17. The van der Waals surface area contributed by atoms with Crippen LogP contribution in [0.3, 0.4) is 0 Å². The maximum Gasteiger partial charge on any atom is 0.209 e. The first-order valence-electron chi connectivity index (χ1n) is 7.43. The fourth-order valence-electron chi connectivity index (χ4n) is 3.46. The van der Waals surface area contributed by atoms with Crippen LogP contribution in [0.4, 0.5) is 0 Å². The van der Waals surface area contributed by atoms with Gasteiger partial charge < -0.3 is 4.90 Å². The highest BCUT2D eigenvalue weighted by atomic mass is 35.5. The Balaban J connectivity index is 2.35. The highest BCUT2D eigenvalue weighted by molar-refractivity contribution is 6.30. The lowest BCUT2D eigenvalue weighted by molar-refractivity contribution is -0.121. The summed E-state index contributed by atoms with van der Waals surface area (Å²) in [6.07, 6.45) is 5.57. The summed E-state index contributed by atoms with van der Waals surface area (Å²) in [5, 5.41) is 0.771. The average Bonchev–Trinajstić information content (AvgIpc) is 2.37. The Kier molecular flexibility index (Phi) is 4.74. The number of rotatable bonds is 6. The van der Waals surface area contributed by atoms with Crippen molar-refractivity contribution in [3.63, 3.8) is 0 Å². The normalized spacial score (nSPS) is 18.4. The molecule has 2 rings (SSSR count). The van der Waals surface area contributed by atoms with E-state index in [1.807, 2.05) is 24.1 Å². The number of carbonyl (C=O) groups excluding carboxylic acids is 1. The fourth-order valence-corrected chi connectivity index (χ4v) is 3.58. The van der Waals surface area contributed by atoms with Crippen LogP contribution < -0.4 is 0 Å². The molecule has 0 radical (unpaired) electrons. The molecule has 1 saturated carbocycles. The molecular weight excluding hydrogens is 270 g/mol. The number of hydrogen-bond acceptors (Lipinski definition) is 1. The highest BCUT2D eigenvalue weighted by Gasteiger charge is 2.46. The Hall–Kier alpha value is -1.02. The van der Waals surface area contributed by atoms with Gasteiger partial charge in [0, 0.05) is 23.5 Å². The molecule has 1 fully saturated rings. The standard InChI is InChI=1S/C17H24ClNO/c1-13(2)11-16(19(3)12-20)17(9-4-10-17)14-5-7-15(18)8-6-14/h5-8,12-13,16H,4,9-11H2,1-3H3. The molecule has 2 nitrogen and oxygen atoms in total. The second-order valence-electron chi connectivity index (χ2n) is 6.43. The molecule has 110 valence electrons. The van der Waals surface area contributed by atoms with Gasteiger partial charge in [0.15, 0.2) is 0 Å². The van der Waals surface area contributed by atoms with Crippen molar-refractivity contribution in [2.45, 2.75) is 51.0 Å². The molecule has 1 aliphatic rings. The van der Waals surface area contributed by atoms with Crippen molar-refractivity contribution >= 4 is 18.0 Å². The zero-order valence-electron chi connectivity index (χ0n) is 12.6. The van der Waals surface area contributed by atoms with Crippen molar-refractivity contribution in [1.82, 2.24) is 4.90 Å². The third-order valence-electron chi connectivity index (χ3n) is 4.66. The van der Waals surface area contributed by atoms with Crippen molar-refractivity contribution in [2.24, 2.45) is 5.92 Å². The van der Waals surface area contributed by atoms with E-state index in [1.54, 1.807) is 0 Å². The molecule has 1 aromatic rings. The van der Waals surface area contributed by atoms with E-state index in [9.17, 15) is 4.79 Å². The lowest BCUT2D eigenvalue weighted by atomic mass is 9.58. The maximum atomic E-state index is 11.3. The summed E-state index contributed by atoms with van der Waals surface area (Å²) in [4.78, 5) is 13.2. The number of carbonyl (C=O) groups is 1. The topological polar surface area (TPSA) is 20.3 Å². The molecular formula is C17H24ClNO. The zero-order chi connectivity index (χ0) is 14.8. The fraction of sp³-hybridized carbons (Fsp3) is 0.588. The maximum absolute atomic E-state index is 11.3. The molecule has 0 aliphatic heterocycles. The molecule has 0 bridgehead atoms. The lowest BCUT2D eigenvalue weighted by Gasteiger charge is -2.51. The molecule has 1 aromatic carbocycles. The predicted molar refractivity (Wildman–Crippen MR) is 84.1 cm³/mol. The van der Waals surface area contributed by atoms with Crippen molar-refractivity contribution in [3.8, 4) is 0 Å². The summed E-state index contributed by atoms with van der Waals surface area (Å²) in [5.41, 5.74) is 1.44. The number of nitrogens with zero attached hydrogens (tertiary/aromatic N) is 1. The largest absolute Gasteiger partial charge is 0.344 e. The number of hydrogen-bond donors (Lipinski definition) is 0.